The van der Waals surface area contributed by atoms with Crippen molar-refractivity contribution in [2.75, 3.05) is 39.5 Å². The van der Waals surface area contributed by atoms with E-state index in [4.69, 9.17) is 4.74 Å². The summed E-state index contributed by atoms with van der Waals surface area (Å²) in [5, 5.41) is 6.97. The SMILES string of the molecule is CCOC1CC(NC(=NC)NCC2CCN(S(C)(=O)=O)C2)C1(CC)CC. The number of nitrogens with zero attached hydrogens (tertiary/aromatic N) is 2. The van der Waals surface area contributed by atoms with Crippen molar-refractivity contribution in [3.8, 4) is 0 Å². The molecule has 0 radical (unpaired) electrons. The topological polar surface area (TPSA) is 83.0 Å². The molecule has 3 unspecified atom stereocenters. The minimum atomic E-state index is -3.08. The van der Waals surface area contributed by atoms with Gasteiger partial charge in [0.25, 0.3) is 0 Å². The Bertz CT molecular complexity index is 589. The lowest BCUT2D eigenvalue weighted by atomic mass is 9.58. The lowest BCUT2D eigenvalue weighted by Crippen LogP contribution is -2.65. The number of hydrogen-bond donors (Lipinski definition) is 2. The fourth-order valence-electron chi connectivity index (χ4n) is 4.45. The van der Waals surface area contributed by atoms with Crippen molar-refractivity contribution in [2.45, 2.75) is 58.6 Å². The molecule has 0 bridgehead atoms. The van der Waals surface area contributed by atoms with Crippen molar-refractivity contribution < 1.29 is 13.2 Å². The van der Waals surface area contributed by atoms with Crippen LogP contribution in [0.25, 0.3) is 0 Å². The number of hydrogen-bond acceptors (Lipinski definition) is 4. The summed E-state index contributed by atoms with van der Waals surface area (Å²) < 4.78 is 30.8. The highest BCUT2D eigenvalue weighted by Gasteiger charge is 2.53. The van der Waals surface area contributed by atoms with Gasteiger partial charge in [0.2, 0.25) is 10.0 Å². The van der Waals surface area contributed by atoms with Gasteiger partial charge < -0.3 is 15.4 Å². The van der Waals surface area contributed by atoms with E-state index >= 15 is 0 Å². The Hall–Kier alpha value is -0.860. The Morgan fingerprint density at radius 3 is 2.50 bits per heavy atom. The monoisotopic (exact) mass is 388 g/mol. The molecule has 1 aliphatic heterocycles. The maximum absolute atomic E-state index is 11.6. The minimum absolute atomic E-state index is 0.161. The van der Waals surface area contributed by atoms with Gasteiger partial charge in [-0.2, -0.15) is 0 Å². The van der Waals surface area contributed by atoms with E-state index in [2.05, 4.69) is 36.4 Å². The van der Waals surface area contributed by atoms with Crippen molar-refractivity contribution in [2.24, 2.45) is 16.3 Å². The molecule has 2 aliphatic rings. The first-order valence-electron chi connectivity index (χ1n) is 9.84. The number of sulfonamides is 1. The van der Waals surface area contributed by atoms with Crippen LogP contribution in [0.1, 0.15) is 46.5 Å². The largest absolute Gasteiger partial charge is 0.378 e. The van der Waals surface area contributed by atoms with E-state index in [-0.39, 0.29) is 5.41 Å². The number of aliphatic imine (C=N–C) groups is 1. The van der Waals surface area contributed by atoms with Gasteiger partial charge in [-0.1, -0.05) is 13.8 Å². The van der Waals surface area contributed by atoms with Crippen LogP contribution in [-0.2, 0) is 14.8 Å². The van der Waals surface area contributed by atoms with Gasteiger partial charge in [-0.25, -0.2) is 12.7 Å². The molecule has 8 heteroatoms. The van der Waals surface area contributed by atoms with E-state index in [9.17, 15) is 8.42 Å². The molecule has 2 N–H and O–H groups in total. The molecule has 1 aliphatic carbocycles. The second kappa shape index (κ2) is 8.89. The Morgan fingerprint density at radius 2 is 2.00 bits per heavy atom. The summed E-state index contributed by atoms with van der Waals surface area (Å²) in [6, 6.07) is 0.358. The van der Waals surface area contributed by atoms with E-state index < -0.39 is 10.0 Å². The zero-order valence-corrected chi connectivity index (χ0v) is 17.7. The van der Waals surface area contributed by atoms with Crippen LogP contribution in [0, 0.1) is 11.3 Å². The maximum Gasteiger partial charge on any atom is 0.211 e. The lowest BCUT2D eigenvalue weighted by Gasteiger charge is -2.55. The molecule has 0 amide bonds. The Labute approximate surface area is 159 Å². The molecule has 1 saturated carbocycles. The molecule has 0 aromatic carbocycles. The van der Waals surface area contributed by atoms with Gasteiger partial charge in [-0.3, -0.25) is 4.99 Å². The summed E-state index contributed by atoms with van der Waals surface area (Å²) in [6.45, 7) is 9.22. The Kier molecular flexibility index (Phi) is 7.33. The van der Waals surface area contributed by atoms with E-state index in [0.717, 1.165) is 44.8 Å². The molecule has 152 valence electrons. The maximum atomic E-state index is 11.6. The van der Waals surface area contributed by atoms with Crippen LogP contribution in [0.3, 0.4) is 0 Å². The van der Waals surface area contributed by atoms with Crippen LogP contribution < -0.4 is 10.6 Å². The Morgan fingerprint density at radius 1 is 1.31 bits per heavy atom. The first kappa shape index (κ1) is 21.4. The molecule has 7 nitrogen and oxygen atoms in total. The zero-order chi connectivity index (χ0) is 19.4. The van der Waals surface area contributed by atoms with Crippen LogP contribution in [0.15, 0.2) is 4.99 Å². The van der Waals surface area contributed by atoms with Crippen LogP contribution >= 0.6 is 0 Å². The van der Waals surface area contributed by atoms with Crippen LogP contribution in [-0.4, -0.2) is 70.4 Å². The third-order valence-electron chi connectivity index (χ3n) is 6.28. The van der Waals surface area contributed by atoms with Crippen molar-refractivity contribution in [1.29, 1.82) is 0 Å². The predicted molar refractivity (Wildman–Crippen MR) is 106 cm³/mol. The second-order valence-corrected chi connectivity index (χ2v) is 9.53. The molecule has 0 aromatic heterocycles. The molecular weight excluding hydrogens is 352 g/mol. The Balaban J connectivity index is 1.87. The van der Waals surface area contributed by atoms with Gasteiger partial charge in [0.05, 0.1) is 12.4 Å². The van der Waals surface area contributed by atoms with Crippen LogP contribution in [0.5, 0.6) is 0 Å². The third-order valence-corrected chi connectivity index (χ3v) is 7.55. The predicted octanol–water partition coefficient (Wildman–Crippen LogP) is 1.42. The second-order valence-electron chi connectivity index (χ2n) is 7.55. The van der Waals surface area contributed by atoms with E-state index in [1.165, 1.54) is 6.26 Å². The first-order chi connectivity index (χ1) is 12.3. The van der Waals surface area contributed by atoms with Crippen molar-refractivity contribution >= 4 is 16.0 Å². The van der Waals surface area contributed by atoms with Crippen molar-refractivity contribution in [3.05, 3.63) is 0 Å². The van der Waals surface area contributed by atoms with Gasteiger partial charge >= 0.3 is 0 Å². The smallest absolute Gasteiger partial charge is 0.211 e. The van der Waals surface area contributed by atoms with Gasteiger partial charge in [-0.05, 0) is 38.5 Å². The average Bonchev–Trinajstić information content (AvgIpc) is 3.07. The number of rotatable bonds is 8. The molecule has 2 fully saturated rings. The number of guanidine groups is 1. The molecule has 3 atom stereocenters. The molecule has 1 saturated heterocycles. The average molecular weight is 389 g/mol. The fraction of sp³-hybridized carbons (Fsp3) is 0.944. The van der Waals surface area contributed by atoms with E-state index in [0.29, 0.717) is 31.2 Å². The summed E-state index contributed by atoms with van der Waals surface area (Å²) in [6.07, 6.45) is 5.64. The van der Waals surface area contributed by atoms with Crippen LogP contribution in [0.4, 0.5) is 0 Å². The summed E-state index contributed by atoms with van der Waals surface area (Å²) in [5.74, 6) is 1.12. The quantitative estimate of drug-likeness (QED) is 0.485. The fourth-order valence-corrected chi connectivity index (χ4v) is 5.37. The molecule has 2 rings (SSSR count). The molecule has 0 aromatic rings. The number of ether oxygens (including phenoxy) is 1. The van der Waals surface area contributed by atoms with Crippen molar-refractivity contribution in [1.82, 2.24) is 14.9 Å². The van der Waals surface area contributed by atoms with Gasteiger partial charge in [0.1, 0.15) is 0 Å². The van der Waals surface area contributed by atoms with E-state index in [1.54, 1.807) is 11.4 Å². The molecular formula is C18H36N4O3S. The molecule has 1 heterocycles. The standard InChI is InChI=1S/C18H36N4O3S/c1-6-18(7-2)15(11-16(18)25-8-3)21-17(19-4)20-12-14-9-10-22(13-14)26(5,23)24/h14-16H,6-13H2,1-5H3,(H2,19,20,21). The van der Waals surface area contributed by atoms with E-state index in [1.807, 2.05) is 0 Å². The zero-order valence-electron chi connectivity index (χ0n) is 16.9. The first-order valence-corrected chi connectivity index (χ1v) is 11.7. The summed E-state index contributed by atoms with van der Waals surface area (Å²) in [7, 11) is -1.30. The van der Waals surface area contributed by atoms with Gasteiger partial charge in [0.15, 0.2) is 5.96 Å². The van der Waals surface area contributed by atoms with Crippen LogP contribution in [0.2, 0.25) is 0 Å². The molecule has 0 spiro atoms. The van der Waals surface area contributed by atoms with Gasteiger partial charge in [0, 0.05) is 44.7 Å². The van der Waals surface area contributed by atoms with Gasteiger partial charge in [-0.15, -0.1) is 0 Å². The number of nitrogens with one attached hydrogen (secondary N) is 2. The highest BCUT2D eigenvalue weighted by Crippen LogP contribution is 2.48. The van der Waals surface area contributed by atoms with Crippen molar-refractivity contribution in [3.63, 3.8) is 0 Å². The highest BCUT2D eigenvalue weighted by atomic mass is 32.2. The summed E-state index contributed by atoms with van der Waals surface area (Å²) in [4.78, 5) is 4.37. The minimum Gasteiger partial charge on any atom is -0.378 e. The normalized spacial score (nSPS) is 29.4. The molecule has 26 heavy (non-hydrogen) atoms. The highest BCUT2D eigenvalue weighted by molar-refractivity contribution is 7.88. The third kappa shape index (κ3) is 4.51. The summed E-state index contributed by atoms with van der Waals surface area (Å²) in [5.41, 5.74) is 0.161. The lowest BCUT2D eigenvalue weighted by molar-refractivity contribution is -0.133. The summed E-state index contributed by atoms with van der Waals surface area (Å²) >= 11 is 0.